The Morgan fingerprint density at radius 3 is 2.36 bits per heavy atom. The van der Waals surface area contributed by atoms with E-state index in [1.165, 1.54) is 12.8 Å². The fraction of sp³-hybridized carbons (Fsp3) is 0.636. The quantitative estimate of drug-likeness (QED) is 0.520. The molecule has 0 aromatic rings. The lowest BCUT2D eigenvalue weighted by atomic mass is 10.1. The van der Waals surface area contributed by atoms with Crippen LogP contribution in [0.5, 0.6) is 0 Å². The highest BCUT2D eigenvalue weighted by molar-refractivity contribution is 5.05. The first-order valence-corrected chi connectivity index (χ1v) is 4.64. The largest absolute Gasteiger partial charge is 0.0885 e. The average molecular weight is 152 g/mol. The van der Waals surface area contributed by atoms with Crippen LogP contribution >= 0.6 is 0 Å². The minimum atomic E-state index is 1.15. The average Bonchev–Trinajstić information content (AvgIpc) is 2.03. The monoisotopic (exact) mass is 152 g/mol. The van der Waals surface area contributed by atoms with Crippen LogP contribution in [-0.2, 0) is 0 Å². The Balaban J connectivity index is 3.61. The molecule has 0 saturated carbocycles. The van der Waals surface area contributed by atoms with Crippen LogP contribution in [0.3, 0.4) is 0 Å². The summed E-state index contributed by atoms with van der Waals surface area (Å²) in [7, 11) is 0. The van der Waals surface area contributed by atoms with Gasteiger partial charge in [0, 0.05) is 0 Å². The summed E-state index contributed by atoms with van der Waals surface area (Å²) in [6.45, 7) is 6.53. The van der Waals surface area contributed by atoms with E-state index in [0.717, 1.165) is 12.8 Å². The van der Waals surface area contributed by atoms with E-state index in [0.29, 0.717) is 0 Å². The Labute approximate surface area is 71.0 Å². The van der Waals surface area contributed by atoms with Crippen molar-refractivity contribution in [2.24, 2.45) is 0 Å². The second-order valence-electron chi connectivity index (χ2n) is 2.78. The maximum absolute atomic E-state index is 2.27. The Morgan fingerprint density at radius 1 is 1.18 bits per heavy atom. The maximum atomic E-state index is 2.27. The van der Waals surface area contributed by atoms with Crippen molar-refractivity contribution in [1.82, 2.24) is 0 Å². The van der Waals surface area contributed by atoms with Crippen LogP contribution in [0, 0.1) is 0 Å². The molecule has 0 aliphatic rings. The third-order valence-electron chi connectivity index (χ3n) is 1.76. The molecule has 0 aliphatic carbocycles. The minimum absolute atomic E-state index is 1.15. The third kappa shape index (κ3) is 5.90. The summed E-state index contributed by atoms with van der Waals surface area (Å²) in [4.78, 5) is 0. The Kier molecular flexibility index (Phi) is 7.23. The van der Waals surface area contributed by atoms with Crippen molar-refractivity contribution in [2.75, 3.05) is 0 Å². The zero-order chi connectivity index (χ0) is 8.53. The van der Waals surface area contributed by atoms with E-state index in [9.17, 15) is 0 Å². The second kappa shape index (κ2) is 7.59. The van der Waals surface area contributed by atoms with Gasteiger partial charge in [-0.1, -0.05) is 44.1 Å². The van der Waals surface area contributed by atoms with Gasteiger partial charge >= 0.3 is 0 Å². The van der Waals surface area contributed by atoms with Gasteiger partial charge in [-0.3, -0.25) is 0 Å². The van der Waals surface area contributed by atoms with E-state index < -0.39 is 0 Å². The van der Waals surface area contributed by atoms with Gasteiger partial charge in [-0.15, -0.1) is 0 Å². The molecule has 0 atom stereocenters. The number of rotatable bonds is 5. The van der Waals surface area contributed by atoms with Crippen molar-refractivity contribution in [3.8, 4) is 0 Å². The zero-order valence-electron chi connectivity index (χ0n) is 8.06. The van der Waals surface area contributed by atoms with Gasteiger partial charge in [-0.05, 0) is 26.2 Å². The molecule has 0 aromatic carbocycles. The van der Waals surface area contributed by atoms with Crippen LogP contribution in [0.2, 0.25) is 0 Å². The van der Waals surface area contributed by atoms with Crippen molar-refractivity contribution in [3.63, 3.8) is 0 Å². The lowest BCUT2D eigenvalue weighted by Crippen LogP contribution is -1.79. The van der Waals surface area contributed by atoms with Gasteiger partial charge in [0.2, 0.25) is 0 Å². The van der Waals surface area contributed by atoms with Crippen LogP contribution in [-0.4, -0.2) is 0 Å². The molecule has 0 heterocycles. The molecule has 0 aliphatic heterocycles. The first kappa shape index (κ1) is 10.5. The molecule has 64 valence electrons. The van der Waals surface area contributed by atoms with Crippen LogP contribution in [0.15, 0.2) is 23.8 Å². The molecule has 0 amide bonds. The highest BCUT2D eigenvalue weighted by atomic mass is 14.0. The fourth-order valence-corrected chi connectivity index (χ4v) is 1.09. The predicted molar refractivity (Wildman–Crippen MR) is 52.7 cm³/mol. The van der Waals surface area contributed by atoms with Crippen molar-refractivity contribution < 1.29 is 0 Å². The molecule has 0 nitrogen and oxygen atoms in total. The zero-order valence-corrected chi connectivity index (χ0v) is 8.06. The highest BCUT2D eigenvalue weighted by Crippen LogP contribution is 2.09. The first-order valence-electron chi connectivity index (χ1n) is 4.64. The van der Waals surface area contributed by atoms with Crippen LogP contribution < -0.4 is 0 Å². The van der Waals surface area contributed by atoms with Gasteiger partial charge in [-0.2, -0.15) is 0 Å². The molecule has 11 heavy (non-hydrogen) atoms. The predicted octanol–water partition coefficient (Wildman–Crippen LogP) is 4.09. The summed E-state index contributed by atoms with van der Waals surface area (Å²) in [6.07, 6.45) is 11.6. The van der Waals surface area contributed by atoms with Gasteiger partial charge in [0.15, 0.2) is 0 Å². The summed E-state index contributed by atoms with van der Waals surface area (Å²) in [5.41, 5.74) is 1.57. The molecule has 0 rings (SSSR count). The van der Waals surface area contributed by atoms with Gasteiger partial charge in [-0.25, -0.2) is 0 Å². The normalized spacial score (nSPS) is 12.8. The number of hydrogen-bond donors (Lipinski definition) is 0. The molecule has 0 fully saturated rings. The smallest absolute Gasteiger partial charge is 0.0139 e. The second-order valence-corrected chi connectivity index (χ2v) is 2.78. The number of allylic oxidation sites excluding steroid dienone is 4. The fourth-order valence-electron chi connectivity index (χ4n) is 1.09. The maximum Gasteiger partial charge on any atom is -0.0139 e. The Bertz CT molecular complexity index is 129. The molecule has 0 N–H and O–H groups in total. The molecule has 0 saturated heterocycles. The molecule has 0 unspecified atom stereocenters. The van der Waals surface area contributed by atoms with E-state index in [1.54, 1.807) is 5.57 Å². The molecular formula is C11H20. The molecule has 0 bridgehead atoms. The van der Waals surface area contributed by atoms with E-state index in [1.807, 2.05) is 0 Å². The van der Waals surface area contributed by atoms with Crippen LogP contribution in [0.4, 0.5) is 0 Å². The molecular weight excluding hydrogens is 132 g/mol. The van der Waals surface area contributed by atoms with Crippen molar-refractivity contribution in [2.45, 2.75) is 46.5 Å². The lowest BCUT2D eigenvalue weighted by Gasteiger charge is -1.99. The summed E-state index contributed by atoms with van der Waals surface area (Å²) >= 11 is 0. The van der Waals surface area contributed by atoms with Crippen LogP contribution in [0.25, 0.3) is 0 Å². The number of hydrogen-bond acceptors (Lipinski definition) is 0. The highest BCUT2D eigenvalue weighted by Gasteiger charge is 1.89. The van der Waals surface area contributed by atoms with E-state index >= 15 is 0 Å². The SMILES string of the molecule is CC=C(CC=CCC)CCC. The van der Waals surface area contributed by atoms with Crippen molar-refractivity contribution in [3.05, 3.63) is 23.8 Å². The molecule has 0 spiro atoms. The van der Waals surface area contributed by atoms with E-state index in [-0.39, 0.29) is 0 Å². The van der Waals surface area contributed by atoms with Gasteiger partial charge in [0.05, 0.1) is 0 Å². The minimum Gasteiger partial charge on any atom is -0.0885 e. The third-order valence-corrected chi connectivity index (χ3v) is 1.76. The topological polar surface area (TPSA) is 0 Å². The summed E-state index contributed by atoms with van der Waals surface area (Å²) < 4.78 is 0. The van der Waals surface area contributed by atoms with Crippen molar-refractivity contribution in [1.29, 1.82) is 0 Å². The van der Waals surface area contributed by atoms with Gasteiger partial charge in [0.1, 0.15) is 0 Å². The van der Waals surface area contributed by atoms with Crippen molar-refractivity contribution >= 4 is 0 Å². The molecule has 0 radical (unpaired) electrons. The molecule has 0 heteroatoms. The van der Waals surface area contributed by atoms with E-state index in [2.05, 4.69) is 39.0 Å². The van der Waals surface area contributed by atoms with E-state index in [4.69, 9.17) is 0 Å². The van der Waals surface area contributed by atoms with Crippen LogP contribution in [0.1, 0.15) is 46.5 Å². The Hall–Kier alpha value is -0.520. The first-order chi connectivity index (χ1) is 5.35. The summed E-state index contributed by atoms with van der Waals surface area (Å²) in [5.74, 6) is 0. The van der Waals surface area contributed by atoms with Gasteiger partial charge < -0.3 is 0 Å². The standard InChI is InChI=1S/C11H20/c1-4-7-8-10-11(6-3)9-5-2/h6-8H,4-5,9-10H2,1-3H3. The van der Waals surface area contributed by atoms with Gasteiger partial charge in [0.25, 0.3) is 0 Å². The molecule has 0 aromatic heterocycles. The Morgan fingerprint density at radius 2 is 1.91 bits per heavy atom. The summed E-state index contributed by atoms with van der Waals surface area (Å²) in [6, 6.07) is 0. The lowest BCUT2D eigenvalue weighted by molar-refractivity contribution is 0.876. The summed E-state index contributed by atoms with van der Waals surface area (Å²) in [5, 5.41) is 0.